The number of nitrogens with zero attached hydrogens (tertiary/aromatic N) is 2. The average molecular weight is 443 g/mol. The Morgan fingerprint density at radius 1 is 1.21 bits per heavy atom. The van der Waals surface area contributed by atoms with Gasteiger partial charge in [-0.05, 0) is 42.1 Å². The van der Waals surface area contributed by atoms with Gasteiger partial charge in [0.25, 0.3) is 15.9 Å². The number of ether oxygens (including phenoxy) is 1. The van der Waals surface area contributed by atoms with Gasteiger partial charge in [-0.25, -0.2) is 8.42 Å². The fourth-order valence-corrected chi connectivity index (χ4v) is 5.15. The van der Waals surface area contributed by atoms with Gasteiger partial charge in [0.1, 0.15) is 0 Å². The fraction of sp³-hybridized carbons (Fsp3) is 0.176. The first-order valence-electron chi connectivity index (χ1n) is 8.19. The minimum atomic E-state index is -4.89. The van der Waals surface area contributed by atoms with E-state index in [1.807, 2.05) is 0 Å². The first-order valence-corrected chi connectivity index (χ1v) is 10.6. The Bertz CT molecular complexity index is 1130. The Labute approximate surface area is 167 Å². The number of hydrogen-bond donors (Lipinski definition) is 1. The van der Waals surface area contributed by atoms with Crippen LogP contribution in [0.1, 0.15) is 10.4 Å². The lowest BCUT2D eigenvalue weighted by Crippen LogP contribution is -2.35. The highest BCUT2D eigenvalue weighted by Gasteiger charge is 2.34. The summed E-state index contributed by atoms with van der Waals surface area (Å²) < 4.78 is 68.6. The standard InChI is InChI=1S/C17H12F3N3O4S2/c18-17(19,20)27-13-4-2-1-3-11(13)21-15(24)10-5-6-12-14(9-10)28-16-22-29(25,26)8-7-23(12)16/h1-6,9H,7-8H2,(H,21,24). The Kier molecular flexibility index (Phi) is 4.69. The van der Waals surface area contributed by atoms with Crippen molar-refractivity contribution in [1.29, 1.82) is 0 Å². The van der Waals surface area contributed by atoms with Gasteiger partial charge in [-0.15, -0.1) is 17.6 Å². The summed E-state index contributed by atoms with van der Waals surface area (Å²) in [5, 5.41) is 2.72. The molecule has 0 bridgehead atoms. The fourth-order valence-electron chi connectivity index (χ4n) is 2.85. The zero-order valence-electron chi connectivity index (χ0n) is 14.4. The molecule has 0 atom stereocenters. The molecule has 4 rings (SSSR count). The molecule has 1 N–H and O–H groups in total. The number of alkyl halides is 3. The molecule has 0 radical (unpaired) electrons. The van der Waals surface area contributed by atoms with Gasteiger partial charge in [-0.1, -0.05) is 12.1 Å². The molecule has 2 heterocycles. The number of halogens is 3. The number of nitrogens with one attached hydrogen (secondary N) is 1. The molecule has 0 aromatic heterocycles. The van der Waals surface area contributed by atoms with Crippen molar-refractivity contribution in [3.05, 3.63) is 48.0 Å². The van der Waals surface area contributed by atoms with E-state index in [2.05, 4.69) is 14.5 Å². The number of thioether (sulfide) groups is 1. The second-order valence-electron chi connectivity index (χ2n) is 6.09. The lowest BCUT2D eigenvalue weighted by atomic mass is 10.1. The molecule has 12 heteroatoms. The molecule has 2 aromatic carbocycles. The third kappa shape index (κ3) is 4.17. The largest absolute Gasteiger partial charge is 0.573 e. The molecule has 7 nitrogen and oxygen atoms in total. The zero-order valence-corrected chi connectivity index (χ0v) is 16.1. The predicted molar refractivity (Wildman–Crippen MR) is 102 cm³/mol. The Morgan fingerprint density at radius 2 is 1.97 bits per heavy atom. The molecule has 0 saturated carbocycles. The number of sulfonamides is 1. The molecule has 2 aliphatic heterocycles. The molecule has 0 saturated heterocycles. The Balaban J connectivity index is 1.57. The Morgan fingerprint density at radius 3 is 2.72 bits per heavy atom. The molecular formula is C17H12F3N3O4S2. The van der Waals surface area contributed by atoms with E-state index >= 15 is 0 Å². The van der Waals surface area contributed by atoms with Gasteiger partial charge >= 0.3 is 6.36 Å². The third-order valence-electron chi connectivity index (χ3n) is 4.10. The van der Waals surface area contributed by atoms with E-state index in [1.54, 1.807) is 11.0 Å². The van der Waals surface area contributed by atoms with Crippen LogP contribution in [0.4, 0.5) is 24.5 Å². The van der Waals surface area contributed by atoms with Gasteiger partial charge in [0, 0.05) is 17.0 Å². The number of amidine groups is 1. The van der Waals surface area contributed by atoms with Crippen molar-refractivity contribution in [2.45, 2.75) is 11.3 Å². The van der Waals surface area contributed by atoms with Gasteiger partial charge in [0.2, 0.25) is 0 Å². The van der Waals surface area contributed by atoms with Crippen molar-refractivity contribution >= 4 is 44.2 Å². The number of anilines is 2. The van der Waals surface area contributed by atoms with Gasteiger partial charge in [0.05, 0.1) is 17.1 Å². The number of hydrogen-bond acceptors (Lipinski definition) is 6. The molecule has 0 spiro atoms. The van der Waals surface area contributed by atoms with Crippen LogP contribution in [-0.4, -0.2) is 38.2 Å². The van der Waals surface area contributed by atoms with Gasteiger partial charge < -0.3 is 15.0 Å². The van der Waals surface area contributed by atoms with Crippen molar-refractivity contribution < 1.29 is 31.1 Å². The summed E-state index contributed by atoms with van der Waals surface area (Å²) >= 11 is 1.11. The number of para-hydroxylation sites is 2. The monoisotopic (exact) mass is 443 g/mol. The van der Waals surface area contributed by atoms with Crippen LogP contribution >= 0.6 is 11.8 Å². The van der Waals surface area contributed by atoms with Crippen LogP contribution < -0.4 is 15.0 Å². The molecule has 2 aromatic rings. The number of carbonyl (C=O) groups excluding carboxylic acids is 1. The lowest BCUT2D eigenvalue weighted by Gasteiger charge is -2.22. The zero-order chi connectivity index (χ0) is 20.8. The van der Waals surface area contributed by atoms with Gasteiger partial charge in [-0.3, -0.25) is 4.79 Å². The SMILES string of the molecule is O=C(Nc1ccccc1OC(F)(F)F)c1ccc2c(c1)SC1=NS(=O)(=O)CCN12. The van der Waals surface area contributed by atoms with Gasteiger partial charge in [-0.2, -0.15) is 0 Å². The molecular weight excluding hydrogens is 431 g/mol. The first-order chi connectivity index (χ1) is 13.6. The molecule has 1 amide bonds. The third-order valence-corrected chi connectivity index (χ3v) is 6.40. The highest BCUT2D eigenvalue weighted by atomic mass is 32.2. The van der Waals surface area contributed by atoms with Crippen LogP contribution in [-0.2, 0) is 10.0 Å². The van der Waals surface area contributed by atoms with Crippen molar-refractivity contribution in [1.82, 2.24) is 0 Å². The second kappa shape index (κ2) is 6.95. The van der Waals surface area contributed by atoms with Gasteiger partial charge in [0.15, 0.2) is 10.9 Å². The minimum Gasteiger partial charge on any atom is -0.404 e. The summed E-state index contributed by atoms with van der Waals surface area (Å²) in [7, 11) is -3.50. The maximum absolute atomic E-state index is 12.6. The highest BCUT2D eigenvalue weighted by Crippen LogP contribution is 2.42. The average Bonchev–Trinajstić information content (AvgIpc) is 2.97. The second-order valence-corrected chi connectivity index (χ2v) is 8.86. The molecule has 29 heavy (non-hydrogen) atoms. The van der Waals surface area contributed by atoms with Crippen molar-refractivity contribution in [3.63, 3.8) is 0 Å². The summed E-state index contributed by atoms with van der Waals surface area (Å²) in [6.07, 6.45) is -4.89. The molecule has 0 aliphatic carbocycles. The van der Waals surface area contributed by atoms with Crippen LogP contribution in [0.5, 0.6) is 5.75 Å². The first kappa shape index (κ1) is 19.6. The highest BCUT2D eigenvalue weighted by molar-refractivity contribution is 8.15. The van der Waals surface area contributed by atoms with Crippen LogP contribution in [0.25, 0.3) is 0 Å². The summed E-state index contributed by atoms with van der Waals surface area (Å²) in [6, 6.07) is 9.90. The van der Waals surface area contributed by atoms with E-state index in [9.17, 15) is 26.4 Å². The number of fused-ring (bicyclic) bond motifs is 3. The van der Waals surface area contributed by atoms with Crippen LogP contribution in [0, 0.1) is 0 Å². The number of amides is 1. The van der Waals surface area contributed by atoms with E-state index in [4.69, 9.17) is 0 Å². The van der Waals surface area contributed by atoms with Crippen molar-refractivity contribution in [2.24, 2.45) is 4.40 Å². The van der Waals surface area contributed by atoms with Crippen LogP contribution in [0.3, 0.4) is 0 Å². The van der Waals surface area contributed by atoms with E-state index in [-0.39, 0.29) is 23.5 Å². The Hall–Kier alpha value is -2.73. The molecule has 0 unspecified atom stereocenters. The van der Waals surface area contributed by atoms with Crippen molar-refractivity contribution in [2.75, 3.05) is 22.5 Å². The smallest absolute Gasteiger partial charge is 0.404 e. The summed E-state index contributed by atoms with van der Waals surface area (Å²) in [6.45, 7) is 0.259. The minimum absolute atomic E-state index is 0.102. The topological polar surface area (TPSA) is 88.1 Å². The summed E-state index contributed by atoms with van der Waals surface area (Å²) in [5.41, 5.74) is 0.790. The number of carbonyl (C=O) groups is 1. The van der Waals surface area contributed by atoms with E-state index in [1.165, 1.54) is 30.3 Å². The van der Waals surface area contributed by atoms with E-state index in [0.29, 0.717) is 10.1 Å². The predicted octanol–water partition coefficient (Wildman–Crippen LogP) is 3.45. The van der Waals surface area contributed by atoms with E-state index in [0.717, 1.165) is 23.5 Å². The van der Waals surface area contributed by atoms with Crippen molar-refractivity contribution in [3.8, 4) is 5.75 Å². The maximum atomic E-state index is 12.6. The molecule has 152 valence electrons. The number of rotatable bonds is 3. The quantitative estimate of drug-likeness (QED) is 0.782. The lowest BCUT2D eigenvalue weighted by molar-refractivity contribution is -0.274. The summed E-state index contributed by atoms with van der Waals surface area (Å²) in [4.78, 5) is 14.9. The number of benzene rings is 2. The van der Waals surface area contributed by atoms with E-state index < -0.39 is 28.0 Å². The normalized spacial score (nSPS) is 17.2. The molecule has 2 aliphatic rings. The van der Waals surface area contributed by atoms with Crippen LogP contribution in [0.2, 0.25) is 0 Å². The maximum Gasteiger partial charge on any atom is 0.573 e. The summed E-state index contributed by atoms with van der Waals surface area (Å²) in [5.74, 6) is -1.26. The van der Waals surface area contributed by atoms with Crippen LogP contribution in [0.15, 0.2) is 51.8 Å². The molecule has 0 fully saturated rings.